The summed E-state index contributed by atoms with van der Waals surface area (Å²) in [6.45, 7) is 7.22. The summed E-state index contributed by atoms with van der Waals surface area (Å²) in [5, 5.41) is 8.71. The Morgan fingerprint density at radius 2 is 1.07 bits per heavy atom. The number of hydrogen-bond acceptors (Lipinski definition) is 5. The minimum absolute atomic E-state index is 0.267. The molecule has 0 radical (unpaired) electrons. The molecule has 0 saturated heterocycles. The second-order valence-electron chi connectivity index (χ2n) is 8.72. The average molecular weight is 429 g/mol. The number of unbranched alkanes of at least 4 members (excludes halogenated alkanes) is 11. The molecule has 0 rings (SSSR count). The molecule has 6 nitrogen and oxygen atoms in total. The lowest BCUT2D eigenvalue weighted by molar-refractivity contribution is -0.174. The maximum atomic E-state index is 11.8. The number of rotatable bonds is 19. The smallest absolute Gasteiger partial charge is 0.347 e. The third kappa shape index (κ3) is 17.3. The molecule has 0 bridgehead atoms. The van der Waals surface area contributed by atoms with E-state index in [1.165, 1.54) is 78.1 Å². The summed E-state index contributed by atoms with van der Waals surface area (Å²) >= 11 is 0. The molecule has 176 valence electrons. The fourth-order valence-corrected chi connectivity index (χ4v) is 3.21. The summed E-state index contributed by atoms with van der Waals surface area (Å²) in [6, 6.07) is 0. The molecular formula is C24H44O6. The minimum Gasteiger partial charge on any atom is -0.479 e. The number of esters is 2. The van der Waals surface area contributed by atoms with Crippen molar-refractivity contribution in [2.75, 3.05) is 0 Å². The molecule has 0 amide bonds. The Morgan fingerprint density at radius 3 is 1.50 bits per heavy atom. The van der Waals surface area contributed by atoms with Crippen LogP contribution in [0.15, 0.2) is 0 Å². The molecule has 0 aromatic heterocycles. The molecule has 1 N–H and O–H groups in total. The standard InChI is InChI=1S/C24H44O6/c1-19(2)17-15-13-11-9-7-5-6-8-10-12-14-16-18-22(25)29-21(4)24(28)30-20(3)23(26)27/h19-21H,5-18H2,1-4H3,(H,26,27). The molecule has 0 aliphatic rings. The van der Waals surface area contributed by atoms with Crippen molar-refractivity contribution in [1.29, 1.82) is 0 Å². The molecule has 30 heavy (non-hydrogen) atoms. The molecule has 0 aliphatic carbocycles. The third-order valence-electron chi connectivity index (χ3n) is 5.19. The lowest BCUT2D eigenvalue weighted by atomic mass is 10.0. The van der Waals surface area contributed by atoms with Crippen LogP contribution < -0.4 is 0 Å². The first-order valence-corrected chi connectivity index (χ1v) is 11.9. The lowest BCUT2D eigenvalue weighted by Crippen LogP contribution is -2.32. The highest BCUT2D eigenvalue weighted by Crippen LogP contribution is 2.14. The number of carbonyl (C=O) groups is 3. The normalized spacial score (nSPS) is 13.1. The Balaban J connectivity index is 3.48. The van der Waals surface area contributed by atoms with E-state index in [0.29, 0.717) is 0 Å². The highest BCUT2D eigenvalue weighted by Gasteiger charge is 2.23. The van der Waals surface area contributed by atoms with Crippen LogP contribution in [0.1, 0.15) is 118 Å². The van der Waals surface area contributed by atoms with E-state index in [9.17, 15) is 14.4 Å². The first-order chi connectivity index (χ1) is 14.2. The summed E-state index contributed by atoms with van der Waals surface area (Å²) in [7, 11) is 0. The zero-order valence-electron chi connectivity index (χ0n) is 19.6. The van der Waals surface area contributed by atoms with Gasteiger partial charge in [0.05, 0.1) is 0 Å². The number of carboxylic acids is 1. The van der Waals surface area contributed by atoms with Gasteiger partial charge in [0.2, 0.25) is 0 Å². The van der Waals surface area contributed by atoms with Gasteiger partial charge in [0, 0.05) is 6.42 Å². The van der Waals surface area contributed by atoms with E-state index in [1.54, 1.807) is 0 Å². The topological polar surface area (TPSA) is 89.9 Å². The molecule has 0 aromatic carbocycles. The Morgan fingerprint density at radius 1 is 0.633 bits per heavy atom. The van der Waals surface area contributed by atoms with Gasteiger partial charge in [-0.3, -0.25) is 4.79 Å². The monoisotopic (exact) mass is 428 g/mol. The van der Waals surface area contributed by atoms with E-state index >= 15 is 0 Å². The molecule has 6 heteroatoms. The Bertz CT molecular complexity index is 474. The summed E-state index contributed by atoms with van der Waals surface area (Å²) in [5.74, 6) is -1.69. The van der Waals surface area contributed by atoms with Gasteiger partial charge in [-0.15, -0.1) is 0 Å². The third-order valence-corrected chi connectivity index (χ3v) is 5.19. The molecule has 0 spiro atoms. The van der Waals surface area contributed by atoms with E-state index in [4.69, 9.17) is 9.84 Å². The SMILES string of the molecule is CC(C)CCCCCCCCCCCCCCC(=O)OC(C)C(=O)OC(C)C(=O)O. The molecule has 2 atom stereocenters. The van der Waals surface area contributed by atoms with Crippen molar-refractivity contribution in [3.63, 3.8) is 0 Å². The Hall–Kier alpha value is -1.59. The molecule has 0 fully saturated rings. The van der Waals surface area contributed by atoms with Crippen LogP contribution in [0.4, 0.5) is 0 Å². The molecule has 0 heterocycles. The van der Waals surface area contributed by atoms with E-state index in [-0.39, 0.29) is 6.42 Å². The van der Waals surface area contributed by atoms with Crippen LogP contribution in [-0.4, -0.2) is 35.2 Å². The van der Waals surface area contributed by atoms with Crippen molar-refractivity contribution < 1.29 is 29.0 Å². The van der Waals surface area contributed by atoms with Gasteiger partial charge in [-0.2, -0.15) is 0 Å². The van der Waals surface area contributed by atoms with Gasteiger partial charge in [0.1, 0.15) is 0 Å². The Labute approximate surface area is 183 Å². The van der Waals surface area contributed by atoms with E-state index < -0.39 is 30.1 Å². The van der Waals surface area contributed by atoms with Crippen LogP contribution in [0.25, 0.3) is 0 Å². The van der Waals surface area contributed by atoms with E-state index in [1.807, 2.05) is 0 Å². The van der Waals surface area contributed by atoms with Crippen molar-refractivity contribution in [2.24, 2.45) is 5.92 Å². The van der Waals surface area contributed by atoms with Crippen LogP contribution in [0.2, 0.25) is 0 Å². The second-order valence-corrected chi connectivity index (χ2v) is 8.72. The first-order valence-electron chi connectivity index (χ1n) is 11.9. The fraction of sp³-hybridized carbons (Fsp3) is 0.875. The zero-order valence-corrected chi connectivity index (χ0v) is 19.6. The lowest BCUT2D eigenvalue weighted by Gasteiger charge is -2.14. The van der Waals surface area contributed by atoms with Gasteiger partial charge in [-0.1, -0.05) is 90.9 Å². The molecule has 0 saturated carbocycles. The van der Waals surface area contributed by atoms with Gasteiger partial charge in [-0.25, -0.2) is 9.59 Å². The van der Waals surface area contributed by atoms with E-state index in [2.05, 4.69) is 18.6 Å². The van der Waals surface area contributed by atoms with Crippen molar-refractivity contribution in [1.82, 2.24) is 0 Å². The highest BCUT2D eigenvalue weighted by molar-refractivity contribution is 5.82. The first kappa shape index (κ1) is 28.4. The van der Waals surface area contributed by atoms with Crippen LogP contribution >= 0.6 is 0 Å². The summed E-state index contributed by atoms with van der Waals surface area (Å²) in [6.07, 6.45) is 14.0. The average Bonchev–Trinajstić information content (AvgIpc) is 2.67. The predicted octanol–water partition coefficient (Wildman–Crippen LogP) is 6.05. The quantitative estimate of drug-likeness (QED) is 0.199. The second kappa shape index (κ2) is 18.2. The largest absolute Gasteiger partial charge is 0.479 e. The van der Waals surface area contributed by atoms with Crippen LogP contribution in [-0.2, 0) is 23.9 Å². The number of ether oxygens (including phenoxy) is 2. The fourth-order valence-electron chi connectivity index (χ4n) is 3.21. The highest BCUT2D eigenvalue weighted by atomic mass is 16.6. The number of carboxylic acid groups (broad SMARTS) is 1. The molecular weight excluding hydrogens is 384 g/mol. The molecule has 0 aliphatic heterocycles. The molecule has 0 aromatic rings. The van der Waals surface area contributed by atoms with Crippen LogP contribution in [0.5, 0.6) is 0 Å². The van der Waals surface area contributed by atoms with Gasteiger partial charge in [-0.05, 0) is 26.2 Å². The maximum absolute atomic E-state index is 11.8. The van der Waals surface area contributed by atoms with Crippen LogP contribution in [0, 0.1) is 5.92 Å². The number of hydrogen-bond donors (Lipinski definition) is 1. The van der Waals surface area contributed by atoms with Gasteiger partial charge in [0.25, 0.3) is 0 Å². The van der Waals surface area contributed by atoms with Crippen molar-refractivity contribution in [2.45, 2.75) is 130 Å². The van der Waals surface area contributed by atoms with Crippen molar-refractivity contribution in [3.05, 3.63) is 0 Å². The number of aliphatic carboxylic acids is 1. The predicted molar refractivity (Wildman–Crippen MR) is 118 cm³/mol. The van der Waals surface area contributed by atoms with Gasteiger partial charge < -0.3 is 14.6 Å². The van der Waals surface area contributed by atoms with Gasteiger partial charge in [0.15, 0.2) is 12.2 Å². The Kier molecular flexibility index (Phi) is 17.2. The summed E-state index contributed by atoms with van der Waals surface area (Å²) < 4.78 is 9.69. The van der Waals surface area contributed by atoms with E-state index in [0.717, 1.165) is 25.2 Å². The summed E-state index contributed by atoms with van der Waals surface area (Å²) in [4.78, 5) is 34.1. The molecule has 2 unspecified atom stereocenters. The minimum atomic E-state index is -1.26. The zero-order chi connectivity index (χ0) is 22.8. The maximum Gasteiger partial charge on any atom is 0.347 e. The summed E-state index contributed by atoms with van der Waals surface area (Å²) in [5.41, 5.74) is 0. The number of carbonyl (C=O) groups excluding carboxylic acids is 2. The van der Waals surface area contributed by atoms with Gasteiger partial charge >= 0.3 is 17.9 Å². The van der Waals surface area contributed by atoms with Crippen LogP contribution in [0.3, 0.4) is 0 Å². The van der Waals surface area contributed by atoms with Crippen molar-refractivity contribution in [3.8, 4) is 0 Å². The van der Waals surface area contributed by atoms with Crippen molar-refractivity contribution >= 4 is 17.9 Å².